The zero-order valence-corrected chi connectivity index (χ0v) is 16.8. The number of aliphatic hydroxyl groups excluding tert-OH is 1. The number of carbonyl (C=O) groups excluding carboxylic acids is 1. The lowest BCUT2D eigenvalue weighted by molar-refractivity contribution is 0.0234. The van der Waals surface area contributed by atoms with Crippen molar-refractivity contribution in [2.24, 2.45) is 5.92 Å². The number of H-pyrrole nitrogens is 1. The summed E-state index contributed by atoms with van der Waals surface area (Å²) >= 11 is 0. The van der Waals surface area contributed by atoms with E-state index in [1.54, 1.807) is 13.1 Å². The summed E-state index contributed by atoms with van der Waals surface area (Å²) in [5.41, 5.74) is 3.88. The molecule has 2 heterocycles. The Morgan fingerprint density at radius 1 is 1.21 bits per heavy atom. The van der Waals surface area contributed by atoms with E-state index in [2.05, 4.69) is 15.3 Å². The van der Waals surface area contributed by atoms with Crippen LogP contribution in [0.2, 0.25) is 0 Å². The second kappa shape index (κ2) is 7.44. The number of hydrogen-bond acceptors (Lipinski definition) is 4. The van der Waals surface area contributed by atoms with Crippen molar-refractivity contribution in [1.29, 1.82) is 0 Å². The molecular formula is C23H25N3O3. The van der Waals surface area contributed by atoms with Gasteiger partial charge in [0.15, 0.2) is 0 Å². The van der Waals surface area contributed by atoms with Crippen molar-refractivity contribution in [3.8, 4) is 0 Å². The molecule has 150 valence electrons. The molecule has 4 rings (SSSR count). The lowest BCUT2D eigenvalue weighted by Crippen LogP contribution is -2.43. The Bertz CT molecular complexity index is 1150. The molecule has 2 aromatic heterocycles. The van der Waals surface area contributed by atoms with Crippen molar-refractivity contribution in [3.63, 3.8) is 0 Å². The van der Waals surface area contributed by atoms with Crippen LogP contribution in [0.3, 0.4) is 0 Å². The number of aromatic amines is 1. The number of aliphatic hydroxyl groups is 1. The standard InChI is InChI=1S/C23H25N3O3/c1-12-13(2)20(22(28)25-14(12)3)23(29)26-21(16-9-18(27)10-16)17-8-15-6-4-5-7-19(15)24-11-17/h4-8,11,16,18,21,27H,9-10H2,1-3H3,(H,25,28)(H,26,29)/t16?,18?,21-/m0/s1. The number of amides is 1. The first-order valence-electron chi connectivity index (χ1n) is 9.89. The van der Waals surface area contributed by atoms with E-state index in [0.29, 0.717) is 18.4 Å². The van der Waals surface area contributed by atoms with Crippen LogP contribution in [0.4, 0.5) is 0 Å². The van der Waals surface area contributed by atoms with Crippen molar-refractivity contribution in [2.45, 2.75) is 45.8 Å². The number of nitrogens with one attached hydrogen (secondary N) is 2. The normalized spacial score (nSPS) is 19.6. The highest BCUT2D eigenvalue weighted by molar-refractivity contribution is 5.96. The lowest BCUT2D eigenvalue weighted by atomic mass is 9.75. The molecule has 29 heavy (non-hydrogen) atoms. The molecule has 1 aliphatic rings. The monoisotopic (exact) mass is 391 g/mol. The Kier molecular flexibility index (Phi) is 4.96. The van der Waals surface area contributed by atoms with E-state index < -0.39 is 5.91 Å². The number of pyridine rings is 2. The molecule has 1 fully saturated rings. The Balaban J connectivity index is 1.70. The van der Waals surface area contributed by atoms with Crippen LogP contribution in [0.15, 0.2) is 41.3 Å². The molecule has 0 unspecified atom stereocenters. The van der Waals surface area contributed by atoms with Gasteiger partial charge in [-0.2, -0.15) is 0 Å². The van der Waals surface area contributed by atoms with Gasteiger partial charge < -0.3 is 15.4 Å². The van der Waals surface area contributed by atoms with Gasteiger partial charge in [-0.1, -0.05) is 18.2 Å². The van der Waals surface area contributed by atoms with Crippen LogP contribution in [0, 0.1) is 26.7 Å². The van der Waals surface area contributed by atoms with Gasteiger partial charge in [0, 0.05) is 17.3 Å². The smallest absolute Gasteiger partial charge is 0.261 e. The molecule has 6 heteroatoms. The molecule has 0 saturated heterocycles. The molecule has 3 aromatic rings. The molecule has 1 saturated carbocycles. The van der Waals surface area contributed by atoms with Crippen LogP contribution in [0.25, 0.3) is 10.9 Å². The quantitative estimate of drug-likeness (QED) is 0.637. The number of fused-ring (bicyclic) bond motifs is 1. The predicted molar refractivity (Wildman–Crippen MR) is 112 cm³/mol. The van der Waals surface area contributed by atoms with Crippen LogP contribution in [-0.2, 0) is 0 Å². The highest BCUT2D eigenvalue weighted by Crippen LogP contribution is 2.38. The fourth-order valence-corrected chi connectivity index (χ4v) is 4.09. The van der Waals surface area contributed by atoms with E-state index in [4.69, 9.17) is 0 Å². The maximum Gasteiger partial charge on any atom is 0.261 e. The zero-order chi connectivity index (χ0) is 20.7. The van der Waals surface area contributed by atoms with Gasteiger partial charge in [0.1, 0.15) is 5.56 Å². The van der Waals surface area contributed by atoms with Gasteiger partial charge in [0.2, 0.25) is 0 Å². The first-order valence-corrected chi connectivity index (χ1v) is 9.89. The summed E-state index contributed by atoms with van der Waals surface area (Å²) in [4.78, 5) is 32.9. The van der Waals surface area contributed by atoms with Crippen molar-refractivity contribution >= 4 is 16.8 Å². The topological polar surface area (TPSA) is 95.1 Å². The van der Waals surface area contributed by atoms with Crippen molar-refractivity contribution in [1.82, 2.24) is 15.3 Å². The molecule has 0 radical (unpaired) electrons. The summed E-state index contributed by atoms with van der Waals surface area (Å²) in [6.45, 7) is 5.52. The van der Waals surface area contributed by atoms with Gasteiger partial charge in [-0.3, -0.25) is 14.6 Å². The largest absolute Gasteiger partial charge is 0.393 e. The minimum absolute atomic E-state index is 0.0999. The van der Waals surface area contributed by atoms with Crippen molar-refractivity contribution < 1.29 is 9.90 Å². The lowest BCUT2D eigenvalue weighted by Gasteiger charge is -2.38. The summed E-state index contributed by atoms with van der Waals surface area (Å²) in [7, 11) is 0. The third-order valence-electron chi connectivity index (χ3n) is 6.13. The third-order valence-corrected chi connectivity index (χ3v) is 6.13. The molecule has 0 bridgehead atoms. The Labute approximate surface area is 169 Å². The second-order valence-electron chi connectivity index (χ2n) is 8.00. The van der Waals surface area contributed by atoms with E-state index in [-0.39, 0.29) is 29.2 Å². The average Bonchev–Trinajstić information content (AvgIpc) is 2.68. The maximum absolute atomic E-state index is 13.1. The van der Waals surface area contributed by atoms with E-state index in [1.165, 1.54) is 0 Å². The van der Waals surface area contributed by atoms with Gasteiger partial charge in [0.25, 0.3) is 11.5 Å². The minimum atomic E-state index is -0.397. The highest BCUT2D eigenvalue weighted by atomic mass is 16.3. The number of carbonyl (C=O) groups is 1. The average molecular weight is 391 g/mol. The molecule has 1 atom stereocenters. The fourth-order valence-electron chi connectivity index (χ4n) is 4.09. The van der Waals surface area contributed by atoms with Gasteiger partial charge >= 0.3 is 0 Å². The number of benzene rings is 1. The Hall–Kier alpha value is -2.99. The number of rotatable bonds is 4. The first kappa shape index (κ1) is 19.3. The summed E-state index contributed by atoms with van der Waals surface area (Å²) in [5, 5.41) is 13.9. The van der Waals surface area contributed by atoms with E-state index in [9.17, 15) is 14.7 Å². The molecule has 0 aliphatic heterocycles. The SMILES string of the molecule is Cc1[nH]c(=O)c(C(=O)N[C@H](c2cnc3ccccc3c2)C2CC(O)C2)c(C)c1C. The number of hydrogen-bond donors (Lipinski definition) is 3. The molecule has 1 amide bonds. The third kappa shape index (κ3) is 3.56. The Morgan fingerprint density at radius 2 is 1.93 bits per heavy atom. The van der Waals surface area contributed by atoms with Crippen LogP contribution in [0.5, 0.6) is 0 Å². The summed E-state index contributed by atoms with van der Waals surface area (Å²) in [5.74, 6) is -0.297. The first-order chi connectivity index (χ1) is 13.8. The van der Waals surface area contributed by atoms with Crippen LogP contribution < -0.4 is 10.9 Å². The highest BCUT2D eigenvalue weighted by Gasteiger charge is 2.36. The molecule has 1 aromatic carbocycles. The number of nitrogens with zero attached hydrogens (tertiary/aromatic N) is 1. The van der Waals surface area contributed by atoms with Gasteiger partial charge in [-0.05, 0) is 68.4 Å². The van der Waals surface area contributed by atoms with E-state index in [1.807, 2.05) is 44.2 Å². The number of para-hydroxylation sites is 1. The molecule has 6 nitrogen and oxygen atoms in total. The van der Waals surface area contributed by atoms with Crippen molar-refractivity contribution in [3.05, 3.63) is 74.8 Å². The van der Waals surface area contributed by atoms with E-state index >= 15 is 0 Å². The van der Waals surface area contributed by atoms with Gasteiger partial charge in [0.05, 0.1) is 17.7 Å². The maximum atomic E-state index is 13.1. The number of aryl methyl sites for hydroxylation is 1. The van der Waals surface area contributed by atoms with Crippen LogP contribution in [-0.4, -0.2) is 27.1 Å². The fraction of sp³-hybridized carbons (Fsp3) is 0.348. The molecule has 0 spiro atoms. The van der Waals surface area contributed by atoms with Crippen molar-refractivity contribution in [2.75, 3.05) is 0 Å². The summed E-state index contributed by atoms with van der Waals surface area (Å²) in [6, 6.07) is 9.52. The summed E-state index contributed by atoms with van der Waals surface area (Å²) in [6.07, 6.45) is 2.65. The predicted octanol–water partition coefficient (Wildman–Crippen LogP) is 3.09. The summed E-state index contributed by atoms with van der Waals surface area (Å²) < 4.78 is 0. The Morgan fingerprint density at radius 3 is 2.66 bits per heavy atom. The molecule has 3 N–H and O–H groups in total. The van der Waals surface area contributed by atoms with Gasteiger partial charge in [-0.15, -0.1) is 0 Å². The van der Waals surface area contributed by atoms with E-state index in [0.717, 1.165) is 27.7 Å². The zero-order valence-electron chi connectivity index (χ0n) is 16.8. The van der Waals surface area contributed by atoms with Gasteiger partial charge in [-0.25, -0.2) is 0 Å². The number of aromatic nitrogens is 2. The molecule has 1 aliphatic carbocycles. The van der Waals surface area contributed by atoms with Crippen LogP contribution >= 0.6 is 0 Å². The van der Waals surface area contributed by atoms with Crippen LogP contribution in [0.1, 0.15) is 51.6 Å². The second-order valence-corrected chi connectivity index (χ2v) is 8.00. The molecular weight excluding hydrogens is 366 g/mol. The minimum Gasteiger partial charge on any atom is -0.393 e.